The van der Waals surface area contributed by atoms with Crippen LogP contribution in [0.15, 0.2) is 24.3 Å². The van der Waals surface area contributed by atoms with E-state index in [1.807, 2.05) is 0 Å². The topological polar surface area (TPSA) is 127 Å². The van der Waals surface area contributed by atoms with Crippen molar-refractivity contribution in [2.24, 2.45) is 0 Å². The number of amides is 2. The lowest BCUT2D eigenvalue weighted by atomic mass is 10.1. The molecule has 156 valence electrons. The maximum atomic E-state index is 13.4. The summed E-state index contributed by atoms with van der Waals surface area (Å²) in [6.45, 7) is 0. The van der Waals surface area contributed by atoms with Crippen molar-refractivity contribution in [1.82, 2.24) is 0 Å². The summed E-state index contributed by atoms with van der Waals surface area (Å²) in [4.78, 5) is 44.4. The molecule has 2 amide bonds. The van der Waals surface area contributed by atoms with Gasteiger partial charge in [0.15, 0.2) is 11.6 Å². The van der Waals surface area contributed by atoms with E-state index in [9.17, 15) is 38.6 Å². The summed E-state index contributed by atoms with van der Waals surface area (Å²) in [7, 11) is 2.89. The molecule has 10 nitrogen and oxygen atoms in total. The minimum atomic E-state index is -0.729. The van der Waals surface area contributed by atoms with E-state index in [0.717, 1.165) is 12.1 Å². The molecule has 12 heteroatoms. The Morgan fingerprint density at radius 2 is 1.10 bits per heavy atom. The second-order valence-corrected chi connectivity index (χ2v) is 6.64. The molecule has 0 saturated carbocycles. The van der Waals surface area contributed by atoms with E-state index in [2.05, 4.69) is 0 Å². The van der Waals surface area contributed by atoms with Gasteiger partial charge in [-0.3, -0.25) is 29.8 Å². The van der Waals surface area contributed by atoms with Crippen LogP contribution in [-0.2, 0) is 22.4 Å². The fourth-order valence-corrected chi connectivity index (χ4v) is 3.32. The van der Waals surface area contributed by atoms with E-state index in [-0.39, 0.29) is 47.4 Å². The Morgan fingerprint density at radius 3 is 1.40 bits per heavy atom. The van der Waals surface area contributed by atoms with Crippen molar-refractivity contribution >= 4 is 34.6 Å². The molecular formula is C18H14F2N4O6. The zero-order valence-electron chi connectivity index (χ0n) is 15.7. The van der Waals surface area contributed by atoms with Gasteiger partial charge in [-0.2, -0.15) is 0 Å². The highest BCUT2D eigenvalue weighted by Gasteiger charge is 2.30. The van der Waals surface area contributed by atoms with Gasteiger partial charge in [0.25, 0.3) is 11.4 Å². The number of fused-ring (bicyclic) bond motifs is 2. The van der Waals surface area contributed by atoms with Gasteiger partial charge in [-0.05, 0) is 11.1 Å². The first-order valence-corrected chi connectivity index (χ1v) is 8.48. The molecule has 2 aromatic carbocycles. The number of rotatable bonds is 2. The highest BCUT2D eigenvalue weighted by atomic mass is 19.1. The van der Waals surface area contributed by atoms with Crippen molar-refractivity contribution in [1.29, 1.82) is 0 Å². The number of carbonyl (C=O) groups is 2. The van der Waals surface area contributed by atoms with Crippen LogP contribution in [0, 0.1) is 31.9 Å². The predicted molar refractivity (Wildman–Crippen MR) is 100 cm³/mol. The number of halogens is 2. The summed E-state index contributed by atoms with van der Waals surface area (Å²) in [6, 6.07) is 4.13. The molecule has 2 aliphatic rings. The molecule has 0 N–H and O–H groups in total. The Labute approximate surface area is 167 Å². The minimum absolute atomic E-state index is 0.0183. The minimum Gasteiger partial charge on any atom is -0.312 e. The number of carbonyl (C=O) groups excluding carboxylic acids is 2. The Hall–Kier alpha value is -3.96. The Morgan fingerprint density at radius 1 is 0.767 bits per heavy atom. The first-order valence-electron chi connectivity index (χ1n) is 8.48. The fourth-order valence-electron chi connectivity index (χ4n) is 3.32. The Bertz CT molecular complexity index is 1030. The van der Waals surface area contributed by atoms with E-state index in [4.69, 9.17) is 0 Å². The lowest BCUT2D eigenvalue weighted by Gasteiger charge is -2.10. The van der Waals surface area contributed by atoms with E-state index in [1.54, 1.807) is 0 Å². The highest BCUT2D eigenvalue weighted by molar-refractivity contribution is 6.02. The molecule has 2 heterocycles. The number of hydrogen-bond acceptors (Lipinski definition) is 6. The van der Waals surface area contributed by atoms with E-state index < -0.39 is 21.5 Å². The maximum Gasteiger partial charge on any atom is 0.272 e. The zero-order chi connectivity index (χ0) is 22.3. The van der Waals surface area contributed by atoms with E-state index in [1.165, 1.54) is 36.0 Å². The van der Waals surface area contributed by atoms with Crippen LogP contribution in [0.3, 0.4) is 0 Å². The van der Waals surface area contributed by atoms with Gasteiger partial charge >= 0.3 is 0 Å². The van der Waals surface area contributed by atoms with Gasteiger partial charge in [0.05, 0.1) is 46.2 Å². The summed E-state index contributed by atoms with van der Waals surface area (Å²) in [6.07, 6.45) is 0.0366. The third kappa shape index (κ3) is 3.54. The van der Waals surface area contributed by atoms with Gasteiger partial charge in [0.2, 0.25) is 11.8 Å². The van der Waals surface area contributed by atoms with Crippen molar-refractivity contribution in [2.75, 3.05) is 23.9 Å². The maximum absolute atomic E-state index is 13.4. The van der Waals surface area contributed by atoms with Crippen molar-refractivity contribution in [3.05, 3.63) is 67.3 Å². The molecule has 0 radical (unpaired) electrons. The van der Waals surface area contributed by atoms with Crippen molar-refractivity contribution in [3.63, 3.8) is 0 Å². The number of nitro benzene ring substituents is 2. The zero-order valence-corrected chi connectivity index (χ0v) is 15.7. The third-order valence-electron chi connectivity index (χ3n) is 4.78. The fraction of sp³-hybridized carbons (Fsp3) is 0.222. The second-order valence-electron chi connectivity index (χ2n) is 6.64. The number of benzene rings is 2. The van der Waals surface area contributed by atoms with E-state index in [0.29, 0.717) is 11.1 Å². The van der Waals surface area contributed by atoms with Crippen LogP contribution in [-0.4, -0.2) is 35.8 Å². The number of hydrogen-bond donors (Lipinski definition) is 0. The molecule has 0 fully saturated rings. The highest BCUT2D eigenvalue weighted by Crippen LogP contribution is 2.34. The number of nitrogens with zero attached hydrogens (tertiary/aromatic N) is 4. The third-order valence-corrected chi connectivity index (χ3v) is 4.78. The smallest absolute Gasteiger partial charge is 0.272 e. The quantitative estimate of drug-likeness (QED) is 0.543. The molecule has 0 aromatic heterocycles. The molecule has 2 aliphatic heterocycles. The predicted octanol–water partition coefficient (Wildman–Crippen LogP) is 2.51. The normalized spacial score (nSPS) is 14.3. The summed E-state index contributed by atoms with van der Waals surface area (Å²) in [5, 5.41) is 20.9. The average Bonchev–Trinajstić information content (AvgIpc) is 3.11. The van der Waals surface area contributed by atoms with Crippen molar-refractivity contribution < 1.29 is 28.2 Å². The molecule has 0 spiro atoms. The van der Waals surface area contributed by atoms with Gasteiger partial charge in [0.1, 0.15) is 0 Å². The van der Waals surface area contributed by atoms with Crippen molar-refractivity contribution in [3.8, 4) is 0 Å². The summed E-state index contributed by atoms with van der Waals surface area (Å²) < 4.78 is 26.9. The molecule has 30 heavy (non-hydrogen) atoms. The lowest BCUT2D eigenvalue weighted by molar-refractivity contribution is -0.385. The van der Waals surface area contributed by atoms with E-state index >= 15 is 0 Å². The number of non-ortho nitro benzene ring substituents is 2. The van der Waals surface area contributed by atoms with Crippen LogP contribution in [0.4, 0.5) is 31.5 Å². The monoisotopic (exact) mass is 420 g/mol. The van der Waals surface area contributed by atoms with Crippen molar-refractivity contribution in [2.45, 2.75) is 12.8 Å². The average molecular weight is 420 g/mol. The molecular weight excluding hydrogens is 406 g/mol. The van der Waals surface area contributed by atoms with Crippen LogP contribution < -0.4 is 9.80 Å². The number of likely N-dealkylation sites (N-methyl/N-ethyl adjacent to an activating group) is 2. The lowest BCUT2D eigenvalue weighted by Crippen LogP contribution is -2.21. The van der Waals surface area contributed by atoms with Crippen LogP contribution in [0.25, 0.3) is 0 Å². The number of anilines is 2. The molecule has 0 unspecified atom stereocenters. The standard InChI is InChI=1S/2C9H7FN2O3/c2*1-11-8(13)3-5-2-6(12(14)15)4-7(10)9(5)11/h2*2,4H,3H2,1H3. The second kappa shape index (κ2) is 7.46. The SMILES string of the molecule is CN1C(=O)Cc2cc([N+](=O)[O-])cc(F)c21.CN1C(=O)Cc2cc([N+](=O)[O-])cc(F)c21. The van der Waals surface area contributed by atoms with Gasteiger partial charge in [-0.15, -0.1) is 0 Å². The molecule has 0 bridgehead atoms. The Balaban J connectivity index is 0.000000171. The largest absolute Gasteiger partial charge is 0.312 e. The molecule has 0 saturated heterocycles. The molecule has 4 rings (SSSR count). The van der Waals surface area contributed by atoms with Crippen LogP contribution in [0.2, 0.25) is 0 Å². The molecule has 0 atom stereocenters. The van der Waals surface area contributed by atoms with Crippen LogP contribution in [0.5, 0.6) is 0 Å². The van der Waals surface area contributed by atoms with Crippen LogP contribution >= 0.6 is 0 Å². The molecule has 2 aromatic rings. The van der Waals surface area contributed by atoms with Gasteiger partial charge in [0, 0.05) is 26.2 Å². The molecule has 0 aliphatic carbocycles. The number of nitro groups is 2. The van der Waals surface area contributed by atoms with Gasteiger partial charge in [-0.1, -0.05) is 0 Å². The van der Waals surface area contributed by atoms with Gasteiger partial charge in [-0.25, -0.2) is 8.78 Å². The summed E-state index contributed by atoms with van der Waals surface area (Å²) in [5.74, 6) is -1.98. The van der Waals surface area contributed by atoms with Gasteiger partial charge < -0.3 is 9.80 Å². The summed E-state index contributed by atoms with van der Waals surface area (Å²) >= 11 is 0. The first kappa shape index (κ1) is 20.8. The Kier molecular flexibility index (Phi) is 5.16. The summed E-state index contributed by atoms with van der Waals surface area (Å²) in [5.41, 5.74) is 0.378. The van der Waals surface area contributed by atoms with Crippen LogP contribution in [0.1, 0.15) is 11.1 Å². The first-order chi connectivity index (χ1) is 14.0.